The van der Waals surface area contributed by atoms with Crippen LogP contribution in [0.2, 0.25) is 0 Å². The third kappa shape index (κ3) is 4.18. The highest BCUT2D eigenvalue weighted by atomic mass is 32.2. The molecule has 2 atom stereocenters. The minimum atomic E-state index is -0.365. The molecule has 0 radical (unpaired) electrons. The van der Waals surface area contributed by atoms with Gasteiger partial charge in [0.1, 0.15) is 11.6 Å². The van der Waals surface area contributed by atoms with Crippen LogP contribution in [0.1, 0.15) is 12.5 Å². The Morgan fingerprint density at radius 2 is 2.18 bits per heavy atom. The molecule has 17 heavy (non-hydrogen) atoms. The van der Waals surface area contributed by atoms with Crippen molar-refractivity contribution in [1.29, 1.82) is 0 Å². The smallest absolute Gasteiger partial charge is 0.123 e. The van der Waals surface area contributed by atoms with Gasteiger partial charge < -0.3 is 15.5 Å². The Morgan fingerprint density at radius 3 is 2.76 bits per heavy atom. The Balaban J connectivity index is 2.57. The lowest BCUT2D eigenvalue weighted by Crippen LogP contribution is -2.37. The average molecular weight is 259 g/mol. The molecule has 1 rings (SSSR count). The van der Waals surface area contributed by atoms with Crippen LogP contribution in [-0.4, -0.2) is 34.4 Å². The van der Waals surface area contributed by atoms with Crippen LogP contribution in [0.3, 0.4) is 0 Å². The molecule has 0 saturated carbocycles. The van der Waals surface area contributed by atoms with Gasteiger partial charge in [-0.1, -0.05) is 0 Å². The van der Waals surface area contributed by atoms with Gasteiger partial charge in [-0.05, 0) is 31.4 Å². The lowest BCUT2D eigenvalue weighted by molar-refractivity contribution is 0.275. The number of aliphatic hydroxyl groups excluding tert-OH is 1. The van der Waals surface area contributed by atoms with Crippen molar-refractivity contribution >= 4 is 11.8 Å². The normalized spacial score (nSPS) is 14.6. The van der Waals surface area contributed by atoms with Gasteiger partial charge in [0, 0.05) is 23.4 Å². The quantitative estimate of drug-likeness (QED) is 0.728. The van der Waals surface area contributed by atoms with Gasteiger partial charge in [0.2, 0.25) is 0 Å². The Labute approximate surface area is 105 Å². The van der Waals surface area contributed by atoms with E-state index in [-0.39, 0.29) is 29.5 Å². The van der Waals surface area contributed by atoms with Crippen LogP contribution in [0.25, 0.3) is 0 Å². The van der Waals surface area contributed by atoms with Gasteiger partial charge in [0.25, 0.3) is 0 Å². The molecule has 0 amide bonds. The summed E-state index contributed by atoms with van der Waals surface area (Å²) in [6, 6.07) is 3.95. The number of rotatable bonds is 6. The summed E-state index contributed by atoms with van der Waals surface area (Å²) in [7, 11) is 0. The molecule has 0 aliphatic carbocycles. The molecule has 96 valence electrons. The molecule has 3 N–H and O–H groups in total. The third-order valence-electron chi connectivity index (χ3n) is 2.70. The van der Waals surface area contributed by atoms with Crippen LogP contribution in [0.4, 0.5) is 4.39 Å². The molecule has 0 bridgehead atoms. The summed E-state index contributed by atoms with van der Waals surface area (Å²) in [6.07, 6.45) is 1.93. The SMILES string of the molecule is CSC(CO)C(C)NCc1cc(F)ccc1O. The minimum absolute atomic E-state index is 0.0794. The number of thioether (sulfide) groups is 1. The summed E-state index contributed by atoms with van der Waals surface area (Å²) in [6.45, 7) is 2.42. The molecule has 0 aliphatic heterocycles. The topological polar surface area (TPSA) is 52.5 Å². The maximum atomic E-state index is 13.0. The van der Waals surface area contributed by atoms with Gasteiger partial charge in [0.15, 0.2) is 0 Å². The summed E-state index contributed by atoms with van der Waals surface area (Å²) in [5.74, 6) is -0.286. The molecule has 0 fully saturated rings. The fourth-order valence-corrected chi connectivity index (χ4v) is 2.19. The minimum Gasteiger partial charge on any atom is -0.508 e. The highest BCUT2D eigenvalue weighted by Gasteiger charge is 2.15. The lowest BCUT2D eigenvalue weighted by atomic mass is 10.1. The zero-order valence-electron chi connectivity index (χ0n) is 9.98. The fraction of sp³-hybridized carbons (Fsp3) is 0.500. The predicted octanol–water partition coefficient (Wildman–Crippen LogP) is 1.73. The van der Waals surface area contributed by atoms with Crippen molar-refractivity contribution in [3.05, 3.63) is 29.6 Å². The van der Waals surface area contributed by atoms with Crippen molar-refractivity contribution < 1.29 is 14.6 Å². The number of aromatic hydroxyl groups is 1. The first-order chi connectivity index (χ1) is 8.08. The van der Waals surface area contributed by atoms with Crippen LogP contribution in [-0.2, 0) is 6.54 Å². The van der Waals surface area contributed by atoms with E-state index in [1.54, 1.807) is 11.8 Å². The number of aliphatic hydroxyl groups is 1. The number of phenolic OH excluding ortho intramolecular Hbond substituents is 1. The van der Waals surface area contributed by atoms with Crippen molar-refractivity contribution in [3.8, 4) is 5.75 Å². The second-order valence-corrected chi connectivity index (χ2v) is 4.98. The van der Waals surface area contributed by atoms with E-state index in [9.17, 15) is 9.50 Å². The molecular formula is C12H18FNO2S. The summed E-state index contributed by atoms with van der Waals surface area (Å²) < 4.78 is 13.0. The maximum Gasteiger partial charge on any atom is 0.123 e. The van der Waals surface area contributed by atoms with Crippen LogP contribution in [0.15, 0.2) is 18.2 Å². The number of hydrogen-bond donors (Lipinski definition) is 3. The van der Waals surface area contributed by atoms with Gasteiger partial charge in [-0.15, -0.1) is 0 Å². The van der Waals surface area contributed by atoms with Crippen molar-refractivity contribution in [1.82, 2.24) is 5.32 Å². The van der Waals surface area contributed by atoms with Crippen molar-refractivity contribution in [2.45, 2.75) is 24.8 Å². The first kappa shape index (κ1) is 14.3. The van der Waals surface area contributed by atoms with E-state index >= 15 is 0 Å². The molecule has 1 aromatic carbocycles. The Kier molecular flexibility index (Phi) is 5.74. The van der Waals surface area contributed by atoms with Gasteiger partial charge in [-0.25, -0.2) is 4.39 Å². The zero-order chi connectivity index (χ0) is 12.8. The number of phenols is 1. The molecule has 0 saturated heterocycles. The van der Waals surface area contributed by atoms with Gasteiger partial charge >= 0.3 is 0 Å². The molecular weight excluding hydrogens is 241 g/mol. The number of nitrogens with one attached hydrogen (secondary N) is 1. The molecule has 1 aromatic rings. The summed E-state index contributed by atoms with van der Waals surface area (Å²) in [5.41, 5.74) is 0.523. The molecule has 5 heteroatoms. The Bertz CT molecular complexity index is 358. The standard InChI is InChI=1S/C12H18FNO2S/c1-8(12(7-15)17-2)14-6-9-5-10(13)3-4-11(9)16/h3-5,8,12,14-16H,6-7H2,1-2H3. The van der Waals surface area contributed by atoms with E-state index in [0.29, 0.717) is 12.1 Å². The molecule has 3 nitrogen and oxygen atoms in total. The van der Waals surface area contributed by atoms with Crippen molar-refractivity contribution in [2.75, 3.05) is 12.9 Å². The van der Waals surface area contributed by atoms with E-state index in [4.69, 9.17) is 5.11 Å². The third-order valence-corrected chi connectivity index (χ3v) is 3.86. The number of hydrogen-bond acceptors (Lipinski definition) is 4. The predicted molar refractivity (Wildman–Crippen MR) is 68.8 cm³/mol. The second kappa shape index (κ2) is 6.83. The molecule has 2 unspecified atom stereocenters. The second-order valence-electron chi connectivity index (χ2n) is 3.90. The number of halogens is 1. The van der Waals surface area contributed by atoms with Crippen LogP contribution in [0.5, 0.6) is 5.75 Å². The molecule has 0 aromatic heterocycles. The summed E-state index contributed by atoms with van der Waals surface area (Å²) in [4.78, 5) is 0. The molecule has 0 aliphatic rings. The highest BCUT2D eigenvalue weighted by molar-refractivity contribution is 7.99. The van der Waals surface area contributed by atoms with E-state index in [1.807, 2.05) is 13.2 Å². The highest BCUT2D eigenvalue weighted by Crippen LogP contribution is 2.18. The number of benzene rings is 1. The van der Waals surface area contributed by atoms with Gasteiger partial charge in [0.05, 0.1) is 6.61 Å². The maximum absolute atomic E-state index is 13.0. The Hall–Kier alpha value is -0.780. The zero-order valence-corrected chi connectivity index (χ0v) is 10.8. The van der Waals surface area contributed by atoms with E-state index in [2.05, 4.69) is 5.32 Å². The Morgan fingerprint density at radius 1 is 1.47 bits per heavy atom. The monoisotopic (exact) mass is 259 g/mol. The largest absolute Gasteiger partial charge is 0.508 e. The van der Waals surface area contributed by atoms with E-state index in [0.717, 1.165) is 0 Å². The summed E-state index contributed by atoms with van der Waals surface area (Å²) >= 11 is 1.57. The molecule has 0 spiro atoms. The first-order valence-electron chi connectivity index (χ1n) is 5.43. The van der Waals surface area contributed by atoms with Crippen LogP contribution in [0, 0.1) is 5.82 Å². The van der Waals surface area contributed by atoms with Crippen molar-refractivity contribution in [3.63, 3.8) is 0 Å². The molecule has 0 heterocycles. The van der Waals surface area contributed by atoms with E-state index < -0.39 is 0 Å². The first-order valence-corrected chi connectivity index (χ1v) is 6.71. The lowest BCUT2D eigenvalue weighted by Gasteiger charge is -2.21. The van der Waals surface area contributed by atoms with Crippen LogP contribution >= 0.6 is 11.8 Å². The van der Waals surface area contributed by atoms with Gasteiger partial charge in [-0.2, -0.15) is 11.8 Å². The average Bonchev–Trinajstić information content (AvgIpc) is 2.32. The van der Waals surface area contributed by atoms with E-state index in [1.165, 1.54) is 18.2 Å². The van der Waals surface area contributed by atoms with Crippen LogP contribution < -0.4 is 5.32 Å². The van der Waals surface area contributed by atoms with Gasteiger partial charge in [-0.3, -0.25) is 0 Å². The fourth-order valence-electron chi connectivity index (χ4n) is 1.53. The summed E-state index contributed by atoms with van der Waals surface area (Å²) in [5, 5.41) is 21.9. The van der Waals surface area contributed by atoms with Crippen molar-refractivity contribution in [2.24, 2.45) is 0 Å².